The fraction of sp³-hybridized carbons (Fsp3) is 0. The predicted octanol–water partition coefficient (Wildman–Crippen LogP) is 2.26. The van der Waals surface area contributed by atoms with Crippen molar-refractivity contribution in [2.75, 3.05) is 0 Å². The SMILES string of the molecule is O=C(O)/C=C(\Cl)c1ccc([N+](=O)[O-])cc1. The van der Waals surface area contributed by atoms with Crippen molar-refractivity contribution in [3.63, 3.8) is 0 Å². The summed E-state index contributed by atoms with van der Waals surface area (Å²) < 4.78 is 0. The molecule has 0 aliphatic rings. The molecule has 15 heavy (non-hydrogen) atoms. The zero-order valence-corrected chi connectivity index (χ0v) is 8.14. The maximum atomic E-state index is 10.3. The van der Waals surface area contributed by atoms with Crippen LogP contribution in [0.4, 0.5) is 5.69 Å². The lowest BCUT2D eigenvalue weighted by Crippen LogP contribution is -1.90. The van der Waals surface area contributed by atoms with Crippen molar-refractivity contribution < 1.29 is 14.8 Å². The average molecular weight is 228 g/mol. The van der Waals surface area contributed by atoms with E-state index in [0.29, 0.717) is 5.56 Å². The fourth-order valence-electron chi connectivity index (χ4n) is 0.934. The van der Waals surface area contributed by atoms with E-state index in [1.54, 1.807) is 0 Å². The Labute approximate surface area is 89.7 Å². The van der Waals surface area contributed by atoms with E-state index in [0.717, 1.165) is 6.08 Å². The maximum absolute atomic E-state index is 10.3. The molecular formula is C9H6ClNO4. The second kappa shape index (κ2) is 4.56. The molecule has 0 heterocycles. The summed E-state index contributed by atoms with van der Waals surface area (Å²) in [4.78, 5) is 20.1. The Morgan fingerprint density at radius 3 is 2.33 bits per heavy atom. The summed E-state index contributed by atoms with van der Waals surface area (Å²) in [5.74, 6) is -1.17. The van der Waals surface area contributed by atoms with Gasteiger partial charge in [0.25, 0.3) is 5.69 Å². The van der Waals surface area contributed by atoms with Crippen molar-refractivity contribution >= 4 is 28.3 Å². The van der Waals surface area contributed by atoms with Gasteiger partial charge in [0, 0.05) is 18.2 Å². The number of hydrogen-bond acceptors (Lipinski definition) is 3. The lowest BCUT2D eigenvalue weighted by atomic mass is 10.2. The molecule has 6 heteroatoms. The molecule has 0 aliphatic heterocycles. The van der Waals surface area contributed by atoms with Gasteiger partial charge in [0.05, 0.1) is 9.96 Å². The van der Waals surface area contributed by atoms with Gasteiger partial charge in [-0.2, -0.15) is 0 Å². The van der Waals surface area contributed by atoms with Crippen LogP contribution in [0.25, 0.3) is 5.03 Å². The van der Waals surface area contributed by atoms with Gasteiger partial charge in [-0.3, -0.25) is 10.1 Å². The molecule has 0 atom stereocenters. The van der Waals surface area contributed by atoms with Crippen LogP contribution >= 0.6 is 11.6 Å². The maximum Gasteiger partial charge on any atom is 0.329 e. The number of nitro benzene ring substituents is 1. The van der Waals surface area contributed by atoms with E-state index < -0.39 is 10.9 Å². The minimum absolute atomic E-state index is 0.0254. The lowest BCUT2D eigenvalue weighted by Gasteiger charge is -1.97. The van der Waals surface area contributed by atoms with Crippen LogP contribution in [0.5, 0.6) is 0 Å². The molecule has 0 unspecified atom stereocenters. The number of aliphatic carboxylic acids is 1. The Kier molecular flexibility index (Phi) is 3.41. The molecule has 1 aromatic rings. The van der Waals surface area contributed by atoms with Gasteiger partial charge in [-0.1, -0.05) is 11.6 Å². The van der Waals surface area contributed by atoms with Crippen LogP contribution in [-0.4, -0.2) is 16.0 Å². The van der Waals surface area contributed by atoms with E-state index in [1.807, 2.05) is 0 Å². The van der Waals surface area contributed by atoms with E-state index >= 15 is 0 Å². The second-order valence-electron chi connectivity index (χ2n) is 2.63. The number of rotatable bonds is 3. The standard InChI is InChI=1S/C9H6ClNO4/c10-8(5-9(12)13)6-1-3-7(4-2-6)11(14)15/h1-5H,(H,12,13)/b8-5-. The molecule has 5 nitrogen and oxygen atoms in total. The molecule has 1 N–H and O–H groups in total. The number of carbonyl (C=O) groups is 1. The summed E-state index contributed by atoms with van der Waals surface area (Å²) in [6, 6.07) is 5.29. The highest BCUT2D eigenvalue weighted by atomic mass is 35.5. The van der Waals surface area contributed by atoms with Gasteiger partial charge in [-0.15, -0.1) is 0 Å². The summed E-state index contributed by atoms with van der Waals surface area (Å²) in [6.45, 7) is 0. The first kappa shape index (κ1) is 11.2. The monoisotopic (exact) mass is 227 g/mol. The van der Waals surface area contributed by atoms with Gasteiger partial charge >= 0.3 is 5.97 Å². The van der Waals surface area contributed by atoms with E-state index in [1.165, 1.54) is 24.3 Å². The smallest absolute Gasteiger partial charge is 0.329 e. The van der Waals surface area contributed by atoms with Crippen LogP contribution in [0.2, 0.25) is 0 Å². The van der Waals surface area contributed by atoms with Crippen molar-refractivity contribution in [2.24, 2.45) is 0 Å². The van der Waals surface area contributed by atoms with Crippen LogP contribution in [0.1, 0.15) is 5.56 Å². The van der Waals surface area contributed by atoms with Crippen molar-refractivity contribution in [1.82, 2.24) is 0 Å². The third-order valence-electron chi connectivity index (χ3n) is 1.60. The molecule has 1 rings (SSSR count). The van der Waals surface area contributed by atoms with Gasteiger partial charge in [0.1, 0.15) is 0 Å². The number of halogens is 1. The van der Waals surface area contributed by atoms with Gasteiger partial charge < -0.3 is 5.11 Å². The molecule has 0 radical (unpaired) electrons. The average Bonchev–Trinajstić information content (AvgIpc) is 2.17. The van der Waals surface area contributed by atoms with Gasteiger partial charge in [-0.05, 0) is 17.7 Å². The second-order valence-corrected chi connectivity index (χ2v) is 3.04. The molecule has 0 saturated heterocycles. The van der Waals surface area contributed by atoms with Crippen molar-refractivity contribution in [3.8, 4) is 0 Å². The van der Waals surface area contributed by atoms with Crippen LogP contribution in [0.3, 0.4) is 0 Å². The number of nitro groups is 1. The minimum Gasteiger partial charge on any atom is -0.478 e. The Morgan fingerprint density at radius 2 is 1.93 bits per heavy atom. The highest BCUT2D eigenvalue weighted by Gasteiger charge is 2.06. The predicted molar refractivity (Wildman–Crippen MR) is 54.6 cm³/mol. The highest BCUT2D eigenvalue weighted by Crippen LogP contribution is 2.21. The molecule has 0 fully saturated rings. The first-order valence-electron chi connectivity index (χ1n) is 3.85. The summed E-state index contributed by atoms with van der Waals surface area (Å²) >= 11 is 5.64. The first-order valence-corrected chi connectivity index (χ1v) is 4.23. The number of carboxylic acids is 1. The Balaban J connectivity index is 2.99. The highest BCUT2D eigenvalue weighted by molar-refractivity contribution is 6.50. The van der Waals surface area contributed by atoms with Crippen LogP contribution in [0, 0.1) is 10.1 Å². The number of nitrogens with zero attached hydrogens (tertiary/aromatic N) is 1. The quantitative estimate of drug-likeness (QED) is 0.488. The van der Waals surface area contributed by atoms with Crippen molar-refractivity contribution in [1.29, 1.82) is 0 Å². The zero-order chi connectivity index (χ0) is 11.4. The third-order valence-corrected chi connectivity index (χ3v) is 1.93. The van der Waals surface area contributed by atoms with E-state index in [-0.39, 0.29) is 10.7 Å². The summed E-state index contributed by atoms with van der Waals surface area (Å²) in [5.41, 5.74) is 0.350. The fourth-order valence-corrected chi connectivity index (χ4v) is 1.15. The van der Waals surface area contributed by atoms with E-state index in [4.69, 9.17) is 16.7 Å². The molecular weight excluding hydrogens is 222 g/mol. The molecule has 1 aromatic carbocycles. The zero-order valence-electron chi connectivity index (χ0n) is 7.38. The normalized spacial score (nSPS) is 11.1. The molecule has 0 saturated carbocycles. The number of non-ortho nitro benzene ring substituents is 1. The number of carboxylic acid groups (broad SMARTS) is 1. The Bertz CT molecular complexity index is 424. The summed E-state index contributed by atoms with van der Waals surface area (Å²) in [7, 11) is 0. The topological polar surface area (TPSA) is 80.4 Å². The molecule has 78 valence electrons. The molecule has 0 spiro atoms. The summed E-state index contributed by atoms with van der Waals surface area (Å²) in [6.07, 6.45) is 0.822. The lowest BCUT2D eigenvalue weighted by molar-refractivity contribution is -0.384. The molecule has 0 aromatic heterocycles. The molecule has 0 aliphatic carbocycles. The van der Waals surface area contributed by atoms with Crippen molar-refractivity contribution in [3.05, 3.63) is 46.0 Å². The Morgan fingerprint density at radius 1 is 1.40 bits per heavy atom. The molecule has 0 amide bonds. The van der Waals surface area contributed by atoms with Crippen LogP contribution in [-0.2, 0) is 4.79 Å². The van der Waals surface area contributed by atoms with Crippen LogP contribution < -0.4 is 0 Å². The van der Waals surface area contributed by atoms with E-state index in [9.17, 15) is 14.9 Å². The third kappa shape index (κ3) is 3.07. The Hall–Kier alpha value is -1.88. The first-order chi connectivity index (χ1) is 7.00. The minimum atomic E-state index is -1.17. The van der Waals surface area contributed by atoms with Gasteiger partial charge in [-0.25, -0.2) is 4.79 Å². The van der Waals surface area contributed by atoms with Gasteiger partial charge in [0.2, 0.25) is 0 Å². The van der Waals surface area contributed by atoms with Gasteiger partial charge in [0.15, 0.2) is 0 Å². The summed E-state index contributed by atoms with van der Waals surface area (Å²) in [5, 5.41) is 18.8. The number of benzene rings is 1. The number of hydrogen-bond donors (Lipinski definition) is 1. The van der Waals surface area contributed by atoms with E-state index in [2.05, 4.69) is 0 Å². The molecule has 0 bridgehead atoms. The van der Waals surface area contributed by atoms with Crippen LogP contribution in [0.15, 0.2) is 30.3 Å². The van der Waals surface area contributed by atoms with Crippen molar-refractivity contribution in [2.45, 2.75) is 0 Å². The largest absolute Gasteiger partial charge is 0.478 e.